The van der Waals surface area contributed by atoms with Gasteiger partial charge in [-0.25, -0.2) is 0 Å². The van der Waals surface area contributed by atoms with Crippen molar-refractivity contribution in [2.75, 3.05) is 13.7 Å². The lowest BCUT2D eigenvalue weighted by atomic mass is 10.2. The van der Waals surface area contributed by atoms with Gasteiger partial charge in [0.05, 0.1) is 11.4 Å². The molecule has 2 aromatic heterocycles. The highest BCUT2D eigenvalue weighted by atomic mass is 79.9. The summed E-state index contributed by atoms with van der Waals surface area (Å²) >= 11 is 4.97. The van der Waals surface area contributed by atoms with Gasteiger partial charge in [0.15, 0.2) is 6.61 Å². The number of aromatic nitrogens is 2. The average molecular weight is 422 g/mol. The Morgan fingerprint density at radius 3 is 2.96 bits per heavy atom. The quantitative estimate of drug-likeness (QED) is 0.603. The summed E-state index contributed by atoms with van der Waals surface area (Å²) in [6.45, 7) is 2.15. The van der Waals surface area contributed by atoms with Gasteiger partial charge in [-0.2, -0.15) is 4.98 Å². The van der Waals surface area contributed by atoms with E-state index in [0.717, 1.165) is 14.9 Å². The van der Waals surface area contributed by atoms with Crippen LogP contribution in [0.1, 0.15) is 11.5 Å². The van der Waals surface area contributed by atoms with Gasteiger partial charge in [0.2, 0.25) is 11.7 Å². The molecule has 8 heteroatoms. The lowest BCUT2D eigenvalue weighted by molar-refractivity contribution is -0.132. The molecule has 0 atom stereocenters. The van der Waals surface area contributed by atoms with Gasteiger partial charge in [-0.15, -0.1) is 11.3 Å². The normalized spacial score (nSPS) is 10.7. The van der Waals surface area contributed by atoms with Crippen LogP contribution in [-0.2, 0) is 11.3 Å². The minimum atomic E-state index is -0.170. The molecular formula is C17H16BrN3O3S. The molecule has 0 unspecified atom stereocenters. The Labute approximate surface area is 157 Å². The summed E-state index contributed by atoms with van der Waals surface area (Å²) in [4.78, 5) is 18.9. The highest BCUT2D eigenvalue weighted by Crippen LogP contribution is 2.22. The Morgan fingerprint density at radius 1 is 1.40 bits per heavy atom. The summed E-state index contributed by atoms with van der Waals surface area (Å²) in [5.74, 6) is 1.41. The molecule has 0 fully saturated rings. The Kier molecular flexibility index (Phi) is 5.50. The first-order valence-corrected chi connectivity index (χ1v) is 9.19. The summed E-state index contributed by atoms with van der Waals surface area (Å²) in [6, 6.07) is 9.43. The number of hydrogen-bond donors (Lipinski definition) is 0. The largest absolute Gasteiger partial charge is 0.484 e. The SMILES string of the molecule is Cc1cc(OCC(=O)N(C)Cc2nc(-c3cccs3)no2)ccc1Br. The summed E-state index contributed by atoms with van der Waals surface area (Å²) in [5, 5.41) is 5.88. The maximum absolute atomic E-state index is 12.2. The third-order valence-corrected chi connectivity index (χ3v) is 5.26. The second kappa shape index (κ2) is 7.79. The van der Waals surface area contributed by atoms with Crippen molar-refractivity contribution >= 4 is 33.2 Å². The third kappa shape index (κ3) is 4.46. The molecule has 2 heterocycles. The molecule has 0 spiro atoms. The van der Waals surface area contributed by atoms with E-state index in [0.29, 0.717) is 17.5 Å². The molecule has 25 heavy (non-hydrogen) atoms. The van der Waals surface area contributed by atoms with Gasteiger partial charge in [0.25, 0.3) is 5.91 Å². The lowest BCUT2D eigenvalue weighted by Crippen LogP contribution is -2.31. The van der Waals surface area contributed by atoms with Crippen LogP contribution in [0, 0.1) is 6.92 Å². The fourth-order valence-corrected chi connectivity index (χ4v) is 2.97. The van der Waals surface area contributed by atoms with Crippen LogP contribution in [-0.4, -0.2) is 34.6 Å². The van der Waals surface area contributed by atoms with E-state index in [-0.39, 0.29) is 19.1 Å². The molecule has 3 aromatic rings. The Hall–Kier alpha value is -2.19. The number of thiophene rings is 1. The third-order valence-electron chi connectivity index (χ3n) is 3.50. The van der Waals surface area contributed by atoms with Gasteiger partial charge >= 0.3 is 0 Å². The number of likely N-dealkylation sites (N-methyl/N-ethyl adjacent to an activating group) is 1. The van der Waals surface area contributed by atoms with E-state index in [2.05, 4.69) is 26.1 Å². The lowest BCUT2D eigenvalue weighted by Gasteiger charge is -2.15. The molecule has 0 radical (unpaired) electrons. The van der Waals surface area contributed by atoms with Gasteiger partial charge in [-0.1, -0.05) is 27.2 Å². The number of nitrogens with zero attached hydrogens (tertiary/aromatic N) is 3. The van der Waals surface area contributed by atoms with Crippen LogP contribution in [0.4, 0.5) is 0 Å². The highest BCUT2D eigenvalue weighted by Gasteiger charge is 2.15. The zero-order chi connectivity index (χ0) is 17.8. The van der Waals surface area contributed by atoms with Crippen LogP contribution < -0.4 is 4.74 Å². The van der Waals surface area contributed by atoms with E-state index >= 15 is 0 Å². The minimum Gasteiger partial charge on any atom is -0.484 e. The first-order valence-electron chi connectivity index (χ1n) is 7.52. The number of carbonyl (C=O) groups is 1. The number of aryl methyl sites for hydroxylation is 1. The maximum Gasteiger partial charge on any atom is 0.260 e. The number of carbonyl (C=O) groups excluding carboxylic acids is 1. The fraction of sp³-hybridized carbons (Fsp3) is 0.235. The van der Waals surface area contributed by atoms with Gasteiger partial charge in [-0.05, 0) is 42.1 Å². The summed E-state index contributed by atoms with van der Waals surface area (Å²) < 4.78 is 11.8. The standard InChI is InChI=1S/C17H16BrN3O3S/c1-11-8-12(5-6-13(11)18)23-10-16(22)21(2)9-15-19-17(20-24-15)14-4-3-7-25-14/h3-8H,9-10H2,1-2H3. The van der Waals surface area contributed by atoms with E-state index < -0.39 is 0 Å². The van der Waals surface area contributed by atoms with Crippen LogP contribution >= 0.6 is 27.3 Å². The summed E-state index contributed by atoms with van der Waals surface area (Å²) in [5.41, 5.74) is 1.05. The molecule has 0 aliphatic carbocycles. The monoisotopic (exact) mass is 421 g/mol. The first kappa shape index (κ1) is 17.6. The van der Waals surface area contributed by atoms with Crippen molar-refractivity contribution < 1.29 is 14.1 Å². The number of rotatable bonds is 6. The van der Waals surface area contributed by atoms with Crippen molar-refractivity contribution in [1.29, 1.82) is 0 Å². The Morgan fingerprint density at radius 2 is 2.24 bits per heavy atom. The fourth-order valence-electron chi connectivity index (χ4n) is 2.08. The molecule has 6 nitrogen and oxygen atoms in total. The van der Waals surface area contributed by atoms with Crippen molar-refractivity contribution in [3.63, 3.8) is 0 Å². The molecule has 3 rings (SSSR count). The number of hydrogen-bond acceptors (Lipinski definition) is 6. The highest BCUT2D eigenvalue weighted by molar-refractivity contribution is 9.10. The van der Waals surface area contributed by atoms with E-state index in [4.69, 9.17) is 9.26 Å². The molecule has 130 valence electrons. The predicted molar refractivity (Wildman–Crippen MR) is 98.5 cm³/mol. The molecule has 0 saturated carbocycles. The number of benzene rings is 1. The topological polar surface area (TPSA) is 68.5 Å². The Balaban J connectivity index is 1.54. The first-order chi connectivity index (χ1) is 12.0. The molecule has 0 saturated heterocycles. The van der Waals surface area contributed by atoms with Crippen LogP contribution in [0.3, 0.4) is 0 Å². The van der Waals surface area contributed by atoms with Crippen molar-refractivity contribution in [2.45, 2.75) is 13.5 Å². The summed E-state index contributed by atoms with van der Waals surface area (Å²) in [7, 11) is 1.67. The zero-order valence-corrected chi connectivity index (χ0v) is 16.1. The Bertz CT molecular complexity index is 864. The van der Waals surface area contributed by atoms with Crippen molar-refractivity contribution in [3.05, 3.63) is 51.6 Å². The number of amides is 1. The zero-order valence-electron chi connectivity index (χ0n) is 13.7. The molecule has 1 aromatic carbocycles. The van der Waals surface area contributed by atoms with E-state index in [1.54, 1.807) is 7.05 Å². The number of ether oxygens (including phenoxy) is 1. The minimum absolute atomic E-state index is 0.0521. The van der Waals surface area contributed by atoms with Crippen LogP contribution in [0.5, 0.6) is 5.75 Å². The van der Waals surface area contributed by atoms with Crippen LogP contribution in [0.2, 0.25) is 0 Å². The van der Waals surface area contributed by atoms with E-state index in [1.807, 2.05) is 42.6 Å². The van der Waals surface area contributed by atoms with Crippen LogP contribution in [0.15, 0.2) is 44.7 Å². The van der Waals surface area contributed by atoms with Gasteiger partial charge < -0.3 is 14.2 Å². The predicted octanol–water partition coefficient (Wildman–Crippen LogP) is 3.91. The maximum atomic E-state index is 12.2. The molecule has 1 amide bonds. The molecular weight excluding hydrogens is 406 g/mol. The second-order valence-corrected chi connectivity index (χ2v) is 7.24. The molecule has 0 bridgehead atoms. The van der Waals surface area contributed by atoms with E-state index in [9.17, 15) is 4.79 Å². The average Bonchev–Trinajstić information content (AvgIpc) is 3.26. The number of halogens is 1. The van der Waals surface area contributed by atoms with Gasteiger partial charge in [-0.3, -0.25) is 4.79 Å². The van der Waals surface area contributed by atoms with Crippen molar-refractivity contribution in [1.82, 2.24) is 15.0 Å². The molecule has 0 N–H and O–H groups in total. The smallest absolute Gasteiger partial charge is 0.260 e. The molecule has 0 aliphatic rings. The van der Waals surface area contributed by atoms with Crippen molar-refractivity contribution in [3.8, 4) is 16.5 Å². The summed E-state index contributed by atoms with van der Waals surface area (Å²) in [6.07, 6.45) is 0. The van der Waals surface area contributed by atoms with Gasteiger partial charge in [0.1, 0.15) is 5.75 Å². The van der Waals surface area contributed by atoms with Crippen molar-refractivity contribution in [2.24, 2.45) is 0 Å². The van der Waals surface area contributed by atoms with Gasteiger partial charge in [0, 0.05) is 11.5 Å². The molecule has 0 aliphatic heterocycles. The van der Waals surface area contributed by atoms with Crippen LogP contribution in [0.25, 0.3) is 10.7 Å². The second-order valence-electron chi connectivity index (χ2n) is 5.44. The van der Waals surface area contributed by atoms with E-state index in [1.165, 1.54) is 16.2 Å².